The van der Waals surface area contributed by atoms with Crippen molar-refractivity contribution in [2.24, 2.45) is 0 Å². The zero-order valence-electron chi connectivity index (χ0n) is 13.2. The molecule has 4 heterocycles. The van der Waals surface area contributed by atoms with Crippen molar-refractivity contribution in [2.75, 3.05) is 13.1 Å². The second kappa shape index (κ2) is 6.02. The van der Waals surface area contributed by atoms with E-state index in [0.717, 1.165) is 48.6 Å². The Labute approximate surface area is 139 Å². The van der Waals surface area contributed by atoms with Crippen molar-refractivity contribution in [3.63, 3.8) is 0 Å². The molecule has 0 aliphatic carbocycles. The molecule has 0 bridgehead atoms. The fourth-order valence-corrected chi connectivity index (χ4v) is 3.99. The van der Waals surface area contributed by atoms with Crippen LogP contribution >= 0.6 is 11.3 Å². The van der Waals surface area contributed by atoms with E-state index in [9.17, 15) is 4.79 Å². The number of thiophene rings is 1. The fraction of sp³-hybridized carbons (Fsp3) is 0.471. The maximum atomic E-state index is 12.6. The van der Waals surface area contributed by atoms with Crippen LogP contribution in [0.4, 0.5) is 0 Å². The molecule has 0 spiro atoms. The van der Waals surface area contributed by atoms with Crippen LogP contribution in [0.2, 0.25) is 0 Å². The van der Waals surface area contributed by atoms with Crippen LogP contribution in [0.5, 0.6) is 0 Å². The lowest BCUT2D eigenvalue weighted by atomic mass is 10.1. The first-order chi connectivity index (χ1) is 11.2. The molecule has 23 heavy (non-hydrogen) atoms. The Morgan fingerprint density at radius 1 is 1.48 bits per heavy atom. The van der Waals surface area contributed by atoms with E-state index in [1.54, 1.807) is 11.3 Å². The summed E-state index contributed by atoms with van der Waals surface area (Å²) in [6.07, 6.45) is 5.02. The normalized spacial score (nSPS) is 20.6. The Balaban J connectivity index is 1.52. The molecule has 5 nitrogen and oxygen atoms in total. The van der Waals surface area contributed by atoms with Gasteiger partial charge in [-0.2, -0.15) is 0 Å². The molecule has 2 aromatic rings. The molecule has 2 aliphatic heterocycles. The van der Waals surface area contributed by atoms with Crippen molar-refractivity contribution in [1.29, 1.82) is 0 Å². The van der Waals surface area contributed by atoms with Crippen molar-refractivity contribution >= 4 is 17.2 Å². The van der Waals surface area contributed by atoms with Gasteiger partial charge in [0.05, 0.1) is 17.3 Å². The number of aromatic nitrogens is 2. The zero-order chi connectivity index (χ0) is 15.8. The summed E-state index contributed by atoms with van der Waals surface area (Å²) in [7, 11) is 0. The van der Waals surface area contributed by atoms with E-state index in [4.69, 9.17) is 4.98 Å². The summed E-state index contributed by atoms with van der Waals surface area (Å²) < 4.78 is 0. The molecule has 0 aromatic carbocycles. The molecule has 2 aliphatic rings. The second-order valence-electron chi connectivity index (χ2n) is 6.27. The van der Waals surface area contributed by atoms with Crippen molar-refractivity contribution in [3.8, 4) is 0 Å². The van der Waals surface area contributed by atoms with Gasteiger partial charge in [0.1, 0.15) is 5.82 Å². The van der Waals surface area contributed by atoms with Crippen LogP contribution in [0.3, 0.4) is 0 Å². The summed E-state index contributed by atoms with van der Waals surface area (Å²) in [4.78, 5) is 24.9. The predicted molar refractivity (Wildman–Crippen MR) is 89.5 cm³/mol. The number of carbonyl (C=O) groups excluding carboxylic acids is 1. The van der Waals surface area contributed by atoms with Crippen molar-refractivity contribution in [3.05, 3.63) is 45.2 Å². The van der Waals surface area contributed by atoms with Gasteiger partial charge in [-0.05, 0) is 32.4 Å². The molecule has 120 valence electrons. The minimum absolute atomic E-state index is 0.113. The lowest BCUT2D eigenvalue weighted by molar-refractivity contribution is 0.0733. The van der Waals surface area contributed by atoms with E-state index >= 15 is 0 Å². The van der Waals surface area contributed by atoms with E-state index < -0.39 is 0 Å². The number of nitrogens with zero attached hydrogens (tertiary/aromatic N) is 3. The number of carbonyl (C=O) groups is 1. The van der Waals surface area contributed by atoms with Crippen molar-refractivity contribution in [2.45, 2.75) is 38.8 Å². The molecule has 0 unspecified atom stereocenters. The summed E-state index contributed by atoms with van der Waals surface area (Å²) >= 11 is 1.62. The third-order valence-electron chi connectivity index (χ3n) is 4.59. The van der Waals surface area contributed by atoms with Gasteiger partial charge in [0.15, 0.2) is 0 Å². The molecule has 0 saturated carbocycles. The third-order valence-corrected chi connectivity index (χ3v) is 5.45. The number of aryl methyl sites for hydroxylation is 1. The molecule has 2 aromatic heterocycles. The number of hydrogen-bond donors (Lipinski definition) is 1. The van der Waals surface area contributed by atoms with Gasteiger partial charge < -0.3 is 10.2 Å². The SMILES string of the molecule is Cc1cc(C(=O)N2CCc3nc([C@@H]4CCCN4)ncc3C2)cs1. The maximum Gasteiger partial charge on any atom is 0.255 e. The third kappa shape index (κ3) is 2.88. The molecule has 1 saturated heterocycles. The topological polar surface area (TPSA) is 58.1 Å². The Kier molecular flexibility index (Phi) is 3.87. The van der Waals surface area contributed by atoms with Gasteiger partial charge in [0.25, 0.3) is 5.91 Å². The molecule has 1 N–H and O–H groups in total. The summed E-state index contributed by atoms with van der Waals surface area (Å²) in [5.41, 5.74) is 2.98. The molecular formula is C17H20N4OS. The van der Waals surface area contributed by atoms with Gasteiger partial charge in [-0.3, -0.25) is 4.79 Å². The van der Waals surface area contributed by atoms with Crippen LogP contribution in [0.15, 0.2) is 17.6 Å². The molecule has 1 fully saturated rings. The number of amides is 1. The van der Waals surface area contributed by atoms with E-state index in [-0.39, 0.29) is 5.91 Å². The minimum Gasteiger partial charge on any atom is -0.334 e. The molecule has 4 rings (SSSR count). The van der Waals surface area contributed by atoms with E-state index in [1.165, 1.54) is 11.3 Å². The van der Waals surface area contributed by atoms with Crippen LogP contribution in [0.1, 0.15) is 51.2 Å². The Hall–Kier alpha value is -1.79. The number of hydrogen-bond acceptors (Lipinski definition) is 5. The summed E-state index contributed by atoms with van der Waals surface area (Å²) in [6, 6.07) is 2.27. The van der Waals surface area contributed by atoms with Crippen LogP contribution in [0.25, 0.3) is 0 Å². The molecule has 1 amide bonds. The van der Waals surface area contributed by atoms with E-state index in [0.29, 0.717) is 12.6 Å². The molecular weight excluding hydrogens is 308 g/mol. The van der Waals surface area contributed by atoms with Gasteiger partial charge >= 0.3 is 0 Å². The monoisotopic (exact) mass is 328 g/mol. The second-order valence-corrected chi connectivity index (χ2v) is 7.39. The van der Waals surface area contributed by atoms with Crippen LogP contribution in [-0.4, -0.2) is 33.9 Å². The van der Waals surface area contributed by atoms with E-state index in [1.807, 2.05) is 29.5 Å². The first-order valence-electron chi connectivity index (χ1n) is 8.13. The number of fused-ring (bicyclic) bond motifs is 1. The molecule has 0 radical (unpaired) electrons. The molecule has 6 heteroatoms. The zero-order valence-corrected chi connectivity index (χ0v) is 14.0. The lowest BCUT2D eigenvalue weighted by Gasteiger charge is -2.28. The average molecular weight is 328 g/mol. The van der Waals surface area contributed by atoms with Gasteiger partial charge in [0, 0.05) is 41.5 Å². The Bertz CT molecular complexity index is 736. The highest BCUT2D eigenvalue weighted by atomic mass is 32.1. The van der Waals surface area contributed by atoms with E-state index in [2.05, 4.69) is 10.3 Å². The lowest BCUT2D eigenvalue weighted by Crippen LogP contribution is -2.36. The van der Waals surface area contributed by atoms with Crippen molar-refractivity contribution < 1.29 is 4.79 Å². The van der Waals surface area contributed by atoms with Gasteiger partial charge in [-0.15, -0.1) is 11.3 Å². The first kappa shape index (κ1) is 14.8. The predicted octanol–water partition coefficient (Wildman–Crippen LogP) is 2.47. The van der Waals surface area contributed by atoms with Crippen LogP contribution in [0, 0.1) is 6.92 Å². The summed E-state index contributed by atoms with van der Waals surface area (Å²) in [5, 5.41) is 5.39. The minimum atomic E-state index is 0.113. The van der Waals surface area contributed by atoms with Gasteiger partial charge in [0.2, 0.25) is 0 Å². The first-order valence-corrected chi connectivity index (χ1v) is 9.01. The highest BCUT2D eigenvalue weighted by molar-refractivity contribution is 7.10. The highest BCUT2D eigenvalue weighted by Gasteiger charge is 2.25. The largest absolute Gasteiger partial charge is 0.334 e. The smallest absolute Gasteiger partial charge is 0.255 e. The Morgan fingerprint density at radius 2 is 2.39 bits per heavy atom. The van der Waals surface area contributed by atoms with Gasteiger partial charge in [-0.25, -0.2) is 9.97 Å². The molecule has 1 atom stereocenters. The highest BCUT2D eigenvalue weighted by Crippen LogP contribution is 2.24. The van der Waals surface area contributed by atoms with Crippen LogP contribution in [-0.2, 0) is 13.0 Å². The quantitative estimate of drug-likeness (QED) is 0.920. The maximum absolute atomic E-state index is 12.6. The Morgan fingerprint density at radius 3 is 3.13 bits per heavy atom. The van der Waals surface area contributed by atoms with Crippen LogP contribution < -0.4 is 5.32 Å². The summed E-state index contributed by atoms with van der Waals surface area (Å²) in [6.45, 7) is 4.42. The number of nitrogens with one attached hydrogen (secondary N) is 1. The fourth-order valence-electron chi connectivity index (χ4n) is 3.32. The standard InChI is InChI=1S/C17H20N4OS/c1-11-7-12(10-23-11)17(22)21-6-4-14-13(9-21)8-19-16(20-14)15-3-2-5-18-15/h7-8,10,15,18H,2-6,9H2,1H3/t15-/m0/s1. The average Bonchev–Trinajstić information content (AvgIpc) is 3.25. The van der Waals surface area contributed by atoms with Gasteiger partial charge in [-0.1, -0.05) is 0 Å². The van der Waals surface area contributed by atoms with Crippen molar-refractivity contribution in [1.82, 2.24) is 20.2 Å². The summed E-state index contributed by atoms with van der Waals surface area (Å²) in [5.74, 6) is 1.02. The number of rotatable bonds is 2.